The number of hydrogen-bond acceptors (Lipinski definition) is 6. The largest absolute Gasteiger partial charge is 0.497 e. The van der Waals surface area contributed by atoms with E-state index >= 15 is 0 Å². The van der Waals surface area contributed by atoms with Crippen LogP contribution in [0.4, 0.5) is 10.1 Å². The van der Waals surface area contributed by atoms with E-state index in [0.29, 0.717) is 34.5 Å². The first-order valence-corrected chi connectivity index (χ1v) is 8.89. The molecule has 6 nitrogen and oxygen atoms in total. The summed E-state index contributed by atoms with van der Waals surface area (Å²) in [5.41, 5.74) is 1.34. The topological polar surface area (TPSA) is 77.2 Å². The molecular formula is C18H16FN3O3S. The minimum atomic E-state index is -0.324. The Morgan fingerprint density at radius 1 is 1.27 bits per heavy atom. The number of benzene rings is 2. The van der Waals surface area contributed by atoms with E-state index in [1.54, 1.807) is 43.5 Å². The third-order valence-corrected chi connectivity index (χ3v) is 4.30. The summed E-state index contributed by atoms with van der Waals surface area (Å²) in [5.74, 6) is 1.65. The van der Waals surface area contributed by atoms with E-state index in [4.69, 9.17) is 9.26 Å². The van der Waals surface area contributed by atoms with Gasteiger partial charge in [-0.3, -0.25) is 4.79 Å². The minimum absolute atomic E-state index is 0.137. The van der Waals surface area contributed by atoms with E-state index in [0.717, 1.165) is 0 Å². The standard InChI is InChI=1S/C18H16FN3O3S/c1-24-15-4-2-3-14(9-15)20-16(23)10-26-11-17-21-18(22-25-17)12-5-7-13(19)8-6-12/h2-9H,10-11H2,1H3,(H,20,23). The van der Waals surface area contributed by atoms with Crippen molar-refractivity contribution in [3.63, 3.8) is 0 Å². The monoisotopic (exact) mass is 373 g/mol. The molecule has 0 aliphatic carbocycles. The van der Waals surface area contributed by atoms with Gasteiger partial charge >= 0.3 is 0 Å². The first-order chi connectivity index (χ1) is 12.6. The number of carbonyl (C=O) groups is 1. The van der Waals surface area contributed by atoms with Gasteiger partial charge < -0.3 is 14.6 Å². The summed E-state index contributed by atoms with van der Waals surface area (Å²) in [6.45, 7) is 0. The zero-order valence-corrected chi connectivity index (χ0v) is 14.8. The molecule has 134 valence electrons. The lowest BCUT2D eigenvalue weighted by molar-refractivity contribution is -0.113. The summed E-state index contributed by atoms with van der Waals surface area (Å²) in [4.78, 5) is 16.2. The maximum atomic E-state index is 12.9. The predicted octanol–water partition coefficient (Wildman–Crippen LogP) is 3.76. The molecule has 26 heavy (non-hydrogen) atoms. The maximum Gasteiger partial charge on any atom is 0.236 e. The lowest BCUT2D eigenvalue weighted by Gasteiger charge is -2.06. The van der Waals surface area contributed by atoms with E-state index in [1.165, 1.54) is 23.9 Å². The van der Waals surface area contributed by atoms with Gasteiger partial charge in [0, 0.05) is 17.3 Å². The Balaban J connectivity index is 1.48. The molecule has 0 radical (unpaired) electrons. The van der Waals surface area contributed by atoms with Crippen molar-refractivity contribution < 1.29 is 18.4 Å². The van der Waals surface area contributed by atoms with Gasteiger partial charge in [0.05, 0.1) is 18.6 Å². The minimum Gasteiger partial charge on any atom is -0.497 e. The second-order valence-corrected chi connectivity index (χ2v) is 6.28. The number of methoxy groups -OCH3 is 1. The lowest BCUT2D eigenvalue weighted by Crippen LogP contribution is -2.14. The van der Waals surface area contributed by atoms with Crippen LogP contribution in [0, 0.1) is 5.82 Å². The highest BCUT2D eigenvalue weighted by Gasteiger charge is 2.10. The number of aromatic nitrogens is 2. The third-order valence-electron chi connectivity index (χ3n) is 3.38. The van der Waals surface area contributed by atoms with E-state index < -0.39 is 0 Å². The number of hydrogen-bond donors (Lipinski definition) is 1. The van der Waals surface area contributed by atoms with Crippen molar-refractivity contribution in [3.05, 3.63) is 60.2 Å². The Hall–Kier alpha value is -2.87. The number of carbonyl (C=O) groups excluding carboxylic acids is 1. The smallest absolute Gasteiger partial charge is 0.236 e. The second-order valence-electron chi connectivity index (χ2n) is 5.29. The number of anilines is 1. The molecule has 0 atom stereocenters. The maximum absolute atomic E-state index is 12.9. The van der Waals surface area contributed by atoms with Crippen LogP contribution < -0.4 is 10.1 Å². The summed E-state index contributed by atoms with van der Waals surface area (Å²) in [7, 11) is 1.57. The highest BCUT2D eigenvalue weighted by molar-refractivity contribution is 7.99. The Morgan fingerprint density at radius 2 is 2.08 bits per heavy atom. The molecule has 0 bridgehead atoms. The van der Waals surface area contributed by atoms with Crippen LogP contribution in [0.2, 0.25) is 0 Å². The first-order valence-electron chi connectivity index (χ1n) is 7.74. The summed E-state index contributed by atoms with van der Waals surface area (Å²) in [6, 6.07) is 13.0. The molecule has 8 heteroatoms. The molecule has 2 aromatic carbocycles. The van der Waals surface area contributed by atoms with Crippen molar-refractivity contribution in [2.24, 2.45) is 0 Å². The molecule has 0 saturated carbocycles. The molecule has 0 saturated heterocycles. The van der Waals surface area contributed by atoms with Gasteiger partial charge in [0.2, 0.25) is 17.6 Å². The van der Waals surface area contributed by atoms with Gasteiger partial charge in [-0.2, -0.15) is 4.98 Å². The van der Waals surface area contributed by atoms with Gasteiger partial charge in [0.15, 0.2) is 0 Å². The Labute approximate surface area is 153 Å². The zero-order valence-electron chi connectivity index (χ0n) is 13.9. The average molecular weight is 373 g/mol. The number of halogens is 1. The number of amides is 1. The van der Waals surface area contributed by atoms with Gasteiger partial charge in [-0.1, -0.05) is 11.2 Å². The van der Waals surface area contributed by atoms with Gasteiger partial charge in [-0.25, -0.2) is 4.39 Å². The molecule has 1 aromatic heterocycles. The lowest BCUT2D eigenvalue weighted by atomic mass is 10.2. The SMILES string of the molecule is COc1cccc(NC(=O)CSCc2nc(-c3ccc(F)cc3)no2)c1. The van der Waals surface area contributed by atoms with Gasteiger partial charge in [-0.15, -0.1) is 11.8 Å². The molecule has 3 rings (SSSR count). The molecule has 0 aliphatic heterocycles. The van der Waals surface area contributed by atoms with Crippen molar-refractivity contribution in [2.75, 3.05) is 18.2 Å². The van der Waals surface area contributed by atoms with Crippen molar-refractivity contribution in [1.82, 2.24) is 10.1 Å². The number of thioether (sulfide) groups is 1. The van der Waals surface area contributed by atoms with E-state index in [1.807, 2.05) is 0 Å². The molecular weight excluding hydrogens is 357 g/mol. The fourth-order valence-corrected chi connectivity index (χ4v) is 2.81. The van der Waals surface area contributed by atoms with Crippen LogP contribution in [0.15, 0.2) is 53.1 Å². The molecule has 1 N–H and O–H groups in total. The van der Waals surface area contributed by atoms with Gasteiger partial charge in [0.25, 0.3) is 0 Å². The van der Waals surface area contributed by atoms with Crippen LogP contribution in [-0.4, -0.2) is 28.9 Å². The number of ether oxygens (including phenoxy) is 1. The second kappa shape index (κ2) is 8.48. The zero-order chi connectivity index (χ0) is 18.4. The van der Waals surface area contributed by atoms with Crippen LogP contribution >= 0.6 is 11.8 Å². The van der Waals surface area contributed by atoms with Crippen LogP contribution in [0.25, 0.3) is 11.4 Å². The quantitative estimate of drug-likeness (QED) is 0.680. The Morgan fingerprint density at radius 3 is 2.85 bits per heavy atom. The van der Waals surface area contributed by atoms with E-state index in [-0.39, 0.29) is 17.5 Å². The fourth-order valence-electron chi connectivity index (χ4n) is 2.16. The van der Waals surface area contributed by atoms with Crippen LogP contribution in [0.1, 0.15) is 5.89 Å². The highest BCUT2D eigenvalue weighted by atomic mass is 32.2. The summed E-state index contributed by atoms with van der Waals surface area (Å²) in [5, 5.41) is 6.66. The summed E-state index contributed by atoms with van der Waals surface area (Å²) >= 11 is 1.36. The van der Waals surface area contributed by atoms with Crippen molar-refractivity contribution in [2.45, 2.75) is 5.75 Å². The summed E-state index contributed by atoms with van der Waals surface area (Å²) in [6.07, 6.45) is 0. The molecule has 3 aromatic rings. The molecule has 0 aliphatic rings. The van der Waals surface area contributed by atoms with Crippen LogP contribution in [0.5, 0.6) is 5.75 Å². The third kappa shape index (κ3) is 4.82. The molecule has 1 heterocycles. The number of nitrogens with one attached hydrogen (secondary N) is 1. The number of rotatable bonds is 7. The number of nitrogens with zero attached hydrogens (tertiary/aromatic N) is 2. The molecule has 0 spiro atoms. The summed E-state index contributed by atoms with van der Waals surface area (Å²) < 4.78 is 23.2. The average Bonchev–Trinajstić information content (AvgIpc) is 3.11. The Kier molecular flexibility index (Phi) is 5.85. The van der Waals surface area contributed by atoms with Crippen LogP contribution in [-0.2, 0) is 10.5 Å². The highest BCUT2D eigenvalue weighted by Crippen LogP contribution is 2.19. The van der Waals surface area contributed by atoms with Crippen molar-refractivity contribution >= 4 is 23.4 Å². The van der Waals surface area contributed by atoms with E-state index in [2.05, 4.69) is 15.5 Å². The predicted molar refractivity (Wildman–Crippen MR) is 97.5 cm³/mol. The van der Waals surface area contributed by atoms with Crippen molar-refractivity contribution in [1.29, 1.82) is 0 Å². The first kappa shape index (κ1) is 17.9. The fraction of sp³-hybridized carbons (Fsp3) is 0.167. The molecule has 1 amide bonds. The van der Waals surface area contributed by atoms with Crippen LogP contribution in [0.3, 0.4) is 0 Å². The molecule has 0 fully saturated rings. The molecule has 0 unspecified atom stereocenters. The van der Waals surface area contributed by atoms with Gasteiger partial charge in [0.1, 0.15) is 11.6 Å². The Bertz CT molecular complexity index is 883. The normalized spacial score (nSPS) is 10.5. The van der Waals surface area contributed by atoms with Crippen molar-refractivity contribution in [3.8, 4) is 17.1 Å². The van der Waals surface area contributed by atoms with E-state index in [9.17, 15) is 9.18 Å². The van der Waals surface area contributed by atoms with Gasteiger partial charge in [-0.05, 0) is 36.4 Å².